The molecule has 1 aliphatic rings. The molecule has 2 atom stereocenters. The van der Waals surface area contributed by atoms with E-state index in [1.807, 2.05) is 6.07 Å². The van der Waals surface area contributed by atoms with Crippen molar-refractivity contribution >= 4 is 0 Å². The van der Waals surface area contributed by atoms with Gasteiger partial charge in [0.05, 0.1) is 11.7 Å². The van der Waals surface area contributed by atoms with Gasteiger partial charge >= 0.3 is 0 Å². The Bertz CT molecular complexity index is 599. The molecule has 23 heavy (non-hydrogen) atoms. The van der Waals surface area contributed by atoms with Crippen LogP contribution in [-0.2, 0) is 0 Å². The zero-order valence-corrected chi connectivity index (χ0v) is 14.2. The van der Waals surface area contributed by atoms with Crippen LogP contribution in [0.5, 0.6) is 0 Å². The molecule has 0 aliphatic carbocycles. The van der Waals surface area contributed by atoms with E-state index in [9.17, 15) is 0 Å². The Morgan fingerprint density at radius 2 is 1.87 bits per heavy atom. The highest BCUT2D eigenvalue weighted by Gasteiger charge is 2.25. The molecule has 2 N–H and O–H groups in total. The van der Waals surface area contributed by atoms with Crippen molar-refractivity contribution in [3.8, 4) is 0 Å². The number of benzene rings is 1. The highest BCUT2D eigenvalue weighted by Crippen LogP contribution is 2.26. The van der Waals surface area contributed by atoms with E-state index in [4.69, 9.17) is 5.73 Å². The number of hydrogen-bond donors (Lipinski definition) is 1. The highest BCUT2D eigenvalue weighted by molar-refractivity contribution is 5.18. The van der Waals surface area contributed by atoms with Crippen LogP contribution in [0, 0.1) is 6.92 Å². The first-order valence-electron chi connectivity index (χ1n) is 8.70. The molecule has 1 aromatic heterocycles. The number of nitrogens with zero attached hydrogens (tertiary/aromatic N) is 3. The van der Waals surface area contributed by atoms with E-state index in [1.165, 1.54) is 18.4 Å². The Hall–Kier alpha value is -1.65. The van der Waals surface area contributed by atoms with Crippen molar-refractivity contribution in [1.82, 2.24) is 14.7 Å². The Balaban J connectivity index is 1.51. The summed E-state index contributed by atoms with van der Waals surface area (Å²) in [6, 6.07) is 13.7. The lowest BCUT2D eigenvalue weighted by atomic mass is 9.97. The Labute approximate surface area is 139 Å². The highest BCUT2D eigenvalue weighted by atomic mass is 15.3. The minimum Gasteiger partial charge on any atom is -0.324 e. The van der Waals surface area contributed by atoms with E-state index in [0.717, 1.165) is 25.2 Å². The van der Waals surface area contributed by atoms with E-state index in [-0.39, 0.29) is 6.04 Å². The quantitative estimate of drug-likeness (QED) is 0.921. The fourth-order valence-corrected chi connectivity index (χ4v) is 3.58. The molecule has 0 amide bonds. The van der Waals surface area contributed by atoms with E-state index >= 15 is 0 Å². The predicted molar refractivity (Wildman–Crippen MR) is 94.3 cm³/mol. The number of piperidine rings is 1. The number of likely N-dealkylation sites (tertiary alicyclic amines) is 1. The lowest BCUT2D eigenvalue weighted by molar-refractivity contribution is 0.129. The maximum absolute atomic E-state index is 6.38. The van der Waals surface area contributed by atoms with Crippen molar-refractivity contribution in [2.75, 3.05) is 13.1 Å². The third kappa shape index (κ3) is 4.01. The number of aromatic nitrogens is 2. The minimum atomic E-state index is 0.123. The van der Waals surface area contributed by atoms with Crippen LogP contribution in [0.2, 0.25) is 0 Å². The maximum Gasteiger partial charge on any atom is 0.0593 e. The maximum atomic E-state index is 6.38. The van der Waals surface area contributed by atoms with Crippen molar-refractivity contribution in [2.45, 2.75) is 51.2 Å². The van der Waals surface area contributed by atoms with Gasteiger partial charge in [0.2, 0.25) is 0 Å². The second-order valence-electron chi connectivity index (χ2n) is 6.81. The van der Waals surface area contributed by atoms with Gasteiger partial charge in [0.1, 0.15) is 0 Å². The summed E-state index contributed by atoms with van der Waals surface area (Å²) in [4.78, 5) is 2.58. The summed E-state index contributed by atoms with van der Waals surface area (Å²) >= 11 is 0. The van der Waals surface area contributed by atoms with Crippen molar-refractivity contribution in [3.63, 3.8) is 0 Å². The lowest BCUT2D eigenvalue weighted by Crippen LogP contribution is -2.41. The van der Waals surface area contributed by atoms with Gasteiger partial charge in [-0.25, -0.2) is 0 Å². The molecule has 1 fully saturated rings. The minimum absolute atomic E-state index is 0.123. The number of hydrogen-bond acceptors (Lipinski definition) is 3. The van der Waals surface area contributed by atoms with Crippen LogP contribution in [0.15, 0.2) is 42.6 Å². The Morgan fingerprint density at radius 1 is 1.17 bits per heavy atom. The first-order chi connectivity index (χ1) is 11.1. The van der Waals surface area contributed by atoms with Crippen molar-refractivity contribution in [1.29, 1.82) is 0 Å². The summed E-state index contributed by atoms with van der Waals surface area (Å²) in [5, 5.41) is 4.57. The van der Waals surface area contributed by atoms with Gasteiger partial charge in [0.15, 0.2) is 0 Å². The third-order valence-corrected chi connectivity index (χ3v) is 5.06. The van der Waals surface area contributed by atoms with Gasteiger partial charge in [-0.05, 0) is 44.7 Å². The van der Waals surface area contributed by atoms with Crippen LogP contribution in [0.25, 0.3) is 0 Å². The molecule has 2 unspecified atom stereocenters. The molecule has 0 bridgehead atoms. The summed E-state index contributed by atoms with van der Waals surface area (Å²) in [6.07, 6.45) is 5.47. The van der Waals surface area contributed by atoms with Gasteiger partial charge < -0.3 is 10.6 Å². The average Bonchev–Trinajstić information content (AvgIpc) is 3.02. The first kappa shape index (κ1) is 16.2. The van der Waals surface area contributed by atoms with E-state index < -0.39 is 0 Å². The van der Waals surface area contributed by atoms with Gasteiger partial charge in [-0.1, -0.05) is 30.3 Å². The predicted octanol–water partition coefficient (Wildman–Crippen LogP) is 3.31. The molecule has 0 saturated carbocycles. The molecule has 1 aliphatic heterocycles. The molecule has 4 nitrogen and oxygen atoms in total. The Morgan fingerprint density at radius 3 is 2.48 bits per heavy atom. The van der Waals surface area contributed by atoms with Crippen molar-refractivity contribution < 1.29 is 0 Å². The van der Waals surface area contributed by atoms with Crippen molar-refractivity contribution in [2.24, 2.45) is 5.73 Å². The molecular weight excluding hydrogens is 284 g/mol. The number of nitrogens with two attached hydrogens (primary N) is 1. The van der Waals surface area contributed by atoms with Gasteiger partial charge in [-0.15, -0.1) is 0 Å². The zero-order valence-electron chi connectivity index (χ0n) is 14.2. The number of aryl methyl sites for hydroxylation is 1. The molecule has 0 radical (unpaired) electrons. The molecule has 3 rings (SSSR count). The van der Waals surface area contributed by atoms with Crippen LogP contribution < -0.4 is 5.73 Å². The summed E-state index contributed by atoms with van der Waals surface area (Å²) in [5.74, 6) is 0. The van der Waals surface area contributed by atoms with Gasteiger partial charge in [-0.3, -0.25) is 4.68 Å². The normalized spacial score (nSPS) is 19.6. The molecule has 4 heteroatoms. The zero-order chi connectivity index (χ0) is 16.2. The second-order valence-corrected chi connectivity index (χ2v) is 6.81. The van der Waals surface area contributed by atoms with Crippen LogP contribution in [-0.4, -0.2) is 33.8 Å². The van der Waals surface area contributed by atoms with Crippen LogP contribution >= 0.6 is 0 Å². The van der Waals surface area contributed by atoms with E-state index in [2.05, 4.69) is 65.1 Å². The second kappa shape index (κ2) is 7.28. The van der Waals surface area contributed by atoms with E-state index in [1.54, 1.807) is 0 Å². The fraction of sp³-hybridized carbons (Fsp3) is 0.526. The fourth-order valence-electron chi connectivity index (χ4n) is 3.58. The van der Waals surface area contributed by atoms with Crippen LogP contribution in [0.4, 0.5) is 0 Å². The third-order valence-electron chi connectivity index (χ3n) is 5.06. The molecule has 1 saturated heterocycles. The summed E-state index contributed by atoms with van der Waals surface area (Å²) in [6.45, 7) is 6.62. The largest absolute Gasteiger partial charge is 0.324 e. The SMILES string of the molecule is Cc1ccn(C2CCN(C(C)CC(N)c3ccccc3)CC2)n1. The standard InChI is InChI=1S/C19H28N4/c1-15-8-13-23(21-15)18-9-11-22(12-10-18)16(2)14-19(20)17-6-4-3-5-7-17/h3-8,13,16,18-19H,9-12,14,20H2,1-2H3. The molecule has 0 spiro atoms. The smallest absolute Gasteiger partial charge is 0.0593 e. The molecule has 124 valence electrons. The van der Waals surface area contributed by atoms with Gasteiger partial charge in [0, 0.05) is 31.4 Å². The van der Waals surface area contributed by atoms with Gasteiger partial charge in [0.25, 0.3) is 0 Å². The summed E-state index contributed by atoms with van der Waals surface area (Å²) < 4.78 is 2.15. The van der Waals surface area contributed by atoms with Crippen molar-refractivity contribution in [3.05, 3.63) is 53.9 Å². The van der Waals surface area contributed by atoms with Crippen LogP contribution in [0.3, 0.4) is 0 Å². The van der Waals surface area contributed by atoms with Gasteiger partial charge in [-0.2, -0.15) is 5.10 Å². The molecule has 2 heterocycles. The monoisotopic (exact) mass is 312 g/mol. The van der Waals surface area contributed by atoms with Crippen LogP contribution in [0.1, 0.15) is 49.5 Å². The first-order valence-corrected chi connectivity index (χ1v) is 8.70. The molecular formula is C19H28N4. The average molecular weight is 312 g/mol. The number of rotatable bonds is 5. The molecule has 1 aromatic carbocycles. The lowest BCUT2D eigenvalue weighted by Gasteiger charge is -2.37. The summed E-state index contributed by atoms with van der Waals surface area (Å²) in [5.41, 5.74) is 8.73. The summed E-state index contributed by atoms with van der Waals surface area (Å²) in [7, 11) is 0. The topological polar surface area (TPSA) is 47.1 Å². The Kier molecular flexibility index (Phi) is 5.13. The van der Waals surface area contributed by atoms with E-state index in [0.29, 0.717) is 12.1 Å². The molecule has 2 aromatic rings.